The molecule has 5 heteroatoms. The number of fused-ring (bicyclic) bond motifs is 1. The SMILES string of the molecule is Cc1cc(C)c(C(=O)Nc2ccc3c(c2)N(C(=O)c2ccncc2)CC3)c(C)c1. The Hall–Kier alpha value is -3.47. The van der Waals surface area contributed by atoms with E-state index < -0.39 is 0 Å². The van der Waals surface area contributed by atoms with Crippen LogP contribution < -0.4 is 10.2 Å². The van der Waals surface area contributed by atoms with E-state index in [9.17, 15) is 9.59 Å². The molecule has 1 aliphatic rings. The molecule has 2 aromatic carbocycles. The van der Waals surface area contributed by atoms with Gasteiger partial charge in [0.1, 0.15) is 0 Å². The number of pyridine rings is 1. The van der Waals surface area contributed by atoms with Crippen molar-refractivity contribution in [3.63, 3.8) is 0 Å². The number of nitrogens with one attached hydrogen (secondary N) is 1. The zero-order valence-corrected chi connectivity index (χ0v) is 16.8. The van der Waals surface area contributed by atoms with Gasteiger partial charge < -0.3 is 10.2 Å². The highest BCUT2D eigenvalue weighted by atomic mass is 16.2. The number of rotatable bonds is 3. The summed E-state index contributed by atoms with van der Waals surface area (Å²) in [6.45, 7) is 6.56. The average Bonchev–Trinajstić information content (AvgIpc) is 3.10. The first-order chi connectivity index (χ1) is 13.9. The van der Waals surface area contributed by atoms with Crippen molar-refractivity contribution < 1.29 is 9.59 Å². The summed E-state index contributed by atoms with van der Waals surface area (Å²) in [6.07, 6.45) is 4.04. The summed E-state index contributed by atoms with van der Waals surface area (Å²) in [4.78, 5) is 31.5. The monoisotopic (exact) mass is 385 g/mol. The highest BCUT2D eigenvalue weighted by Gasteiger charge is 2.26. The lowest BCUT2D eigenvalue weighted by molar-refractivity contribution is 0.0987. The lowest BCUT2D eigenvalue weighted by Gasteiger charge is -2.18. The zero-order valence-electron chi connectivity index (χ0n) is 16.8. The molecule has 0 unspecified atom stereocenters. The lowest BCUT2D eigenvalue weighted by atomic mass is 9.99. The van der Waals surface area contributed by atoms with E-state index in [2.05, 4.69) is 10.3 Å². The Morgan fingerprint density at radius 1 is 0.966 bits per heavy atom. The Bertz CT molecular complexity index is 1080. The maximum Gasteiger partial charge on any atom is 0.258 e. The molecular formula is C24H23N3O2. The van der Waals surface area contributed by atoms with Gasteiger partial charge in [-0.3, -0.25) is 14.6 Å². The second-order valence-electron chi connectivity index (χ2n) is 7.51. The Labute approximate surface area is 170 Å². The summed E-state index contributed by atoms with van der Waals surface area (Å²) < 4.78 is 0. The molecule has 2 heterocycles. The van der Waals surface area contributed by atoms with Crippen molar-refractivity contribution in [3.05, 3.63) is 88.2 Å². The first-order valence-electron chi connectivity index (χ1n) is 9.68. The molecule has 0 saturated heterocycles. The van der Waals surface area contributed by atoms with Gasteiger partial charge >= 0.3 is 0 Å². The lowest BCUT2D eigenvalue weighted by Crippen LogP contribution is -2.29. The number of carbonyl (C=O) groups excluding carboxylic acids is 2. The first kappa shape index (κ1) is 18.9. The maximum absolute atomic E-state index is 12.9. The van der Waals surface area contributed by atoms with Crippen molar-refractivity contribution in [2.45, 2.75) is 27.2 Å². The number of hydrogen-bond donors (Lipinski definition) is 1. The molecule has 0 saturated carbocycles. The van der Waals surface area contributed by atoms with E-state index in [0.29, 0.717) is 23.4 Å². The number of aryl methyl sites for hydroxylation is 3. The van der Waals surface area contributed by atoms with Crippen molar-refractivity contribution in [3.8, 4) is 0 Å². The first-order valence-corrected chi connectivity index (χ1v) is 9.68. The van der Waals surface area contributed by atoms with Gasteiger partial charge in [0.2, 0.25) is 0 Å². The molecule has 2 amide bonds. The van der Waals surface area contributed by atoms with Crippen LogP contribution in [0.1, 0.15) is 43.0 Å². The molecule has 0 aliphatic carbocycles. The van der Waals surface area contributed by atoms with Gasteiger partial charge in [-0.15, -0.1) is 0 Å². The fourth-order valence-corrected chi connectivity index (χ4v) is 4.05. The molecule has 1 N–H and O–H groups in total. The molecule has 5 nitrogen and oxygen atoms in total. The number of benzene rings is 2. The van der Waals surface area contributed by atoms with E-state index in [4.69, 9.17) is 0 Å². The molecule has 0 bridgehead atoms. The number of carbonyl (C=O) groups is 2. The highest BCUT2D eigenvalue weighted by molar-refractivity contribution is 6.09. The van der Waals surface area contributed by atoms with E-state index >= 15 is 0 Å². The van der Waals surface area contributed by atoms with Gasteiger partial charge in [0.25, 0.3) is 11.8 Å². The third kappa shape index (κ3) is 3.63. The Morgan fingerprint density at radius 2 is 1.66 bits per heavy atom. The maximum atomic E-state index is 12.9. The summed E-state index contributed by atoms with van der Waals surface area (Å²) in [7, 11) is 0. The van der Waals surface area contributed by atoms with Crippen LogP contribution in [-0.4, -0.2) is 23.3 Å². The Kier molecular flexibility index (Phi) is 4.89. The summed E-state index contributed by atoms with van der Waals surface area (Å²) in [5.41, 5.74) is 6.98. The Morgan fingerprint density at radius 3 is 2.34 bits per heavy atom. The van der Waals surface area contributed by atoms with Crippen molar-refractivity contribution in [2.24, 2.45) is 0 Å². The minimum Gasteiger partial charge on any atom is -0.322 e. The molecule has 0 radical (unpaired) electrons. The summed E-state index contributed by atoms with van der Waals surface area (Å²) in [5.74, 6) is -0.190. The molecule has 29 heavy (non-hydrogen) atoms. The van der Waals surface area contributed by atoms with Crippen LogP contribution in [0.3, 0.4) is 0 Å². The molecule has 1 aliphatic heterocycles. The van der Waals surface area contributed by atoms with Crippen molar-refractivity contribution in [2.75, 3.05) is 16.8 Å². The topological polar surface area (TPSA) is 62.3 Å². The second-order valence-corrected chi connectivity index (χ2v) is 7.51. The standard InChI is InChI=1S/C24H23N3O2/c1-15-12-16(2)22(17(3)13-15)23(28)26-20-5-4-18-8-11-27(21(18)14-20)24(29)19-6-9-25-10-7-19/h4-7,9-10,12-14H,8,11H2,1-3H3,(H,26,28). The van der Waals surface area contributed by atoms with Gasteiger partial charge in [-0.25, -0.2) is 0 Å². The van der Waals surface area contributed by atoms with E-state index in [0.717, 1.165) is 34.4 Å². The number of anilines is 2. The average molecular weight is 385 g/mol. The van der Waals surface area contributed by atoms with Crippen LogP contribution in [0.2, 0.25) is 0 Å². The smallest absolute Gasteiger partial charge is 0.258 e. The van der Waals surface area contributed by atoms with Crippen LogP contribution in [0, 0.1) is 20.8 Å². The third-order valence-corrected chi connectivity index (χ3v) is 5.32. The molecule has 4 rings (SSSR count). The van der Waals surface area contributed by atoms with Crippen LogP contribution >= 0.6 is 0 Å². The fraction of sp³-hybridized carbons (Fsp3) is 0.208. The van der Waals surface area contributed by atoms with E-state index in [1.54, 1.807) is 29.4 Å². The molecule has 0 atom stereocenters. The molecule has 0 fully saturated rings. The van der Waals surface area contributed by atoms with E-state index in [1.165, 1.54) is 0 Å². The van der Waals surface area contributed by atoms with Gasteiger partial charge in [0, 0.05) is 41.4 Å². The highest BCUT2D eigenvalue weighted by Crippen LogP contribution is 2.32. The van der Waals surface area contributed by atoms with Crippen molar-refractivity contribution >= 4 is 23.2 Å². The van der Waals surface area contributed by atoms with Gasteiger partial charge in [-0.2, -0.15) is 0 Å². The molecular weight excluding hydrogens is 362 g/mol. The number of hydrogen-bond acceptors (Lipinski definition) is 3. The molecule has 1 aromatic heterocycles. The van der Waals surface area contributed by atoms with Gasteiger partial charge in [-0.05, 0) is 68.1 Å². The largest absolute Gasteiger partial charge is 0.322 e. The van der Waals surface area contributed by atoms with Crippen LogP contribution in [-0.2, 0) is 6.42 Å². The predicted molar refractivity (Wildman–Crippen MR) is 115 cm³/mol. The normalized spacial score (nSPS) is 12.6. The summed E-state index contributed by atoms with van der Waals surface area (Å²) in [5, 5.41) is 3.00. The molecule has 0 spiro atoms. The minimum atomic E-state index is -0.134. The van der Waals surface area contributed by atoms with Crippen LogP contribution in [0.25, 0.3) is 0 Å². The number of nitrogens with zero attached hydrogens (tertiary/aromatic N) is 2. The third-order valence-electron chi connectivity index (χ3n) is 5.32. The van der Waals surface area contributed by atoms with Crippen LogP contribution in [0.5, 0.6) is 0 Å². The van der Waals surface area contributed by atoms with E-state index in [1.807, 2.05) is 51.1 Å². The van der Waals surface area contributed by atoms with Gasteiger partial charge in [0.15, 0.2) is 0 Å². The predicted octanol–water partition coefficient (Wildman–Crippen LogP) is 4.46. The van der Waals surface area contributed by atoms with Gasteiger partial charge in [-0.1, -0.05) is 23.8 Å². The van der Waals surface area contributed by atoms with Crippen LogP contribution in [0.15, 0.2) is 54.9 Å². The van der Waals surface area contributed by atoms with E-state index in [-0.39, 0.29) is 11.8 Å². The number of aromatic nitrogens is 1. The quantitative estimate of drug-likeness (QED) is 0.724. The molecule has 146 valence electrons. The van der Waals surface area contributed by atoms with Gasteiger partial charge in [0.05, 0.1) is 0 Å². The van der Waals surface area contributed by atoms with Crippen molar-refractivity contribution in [1.29, 1.82) is 0 Å². The summed E-state index contributed by atoms with van der Waals surface area (Å²) in [6, 6.07) is 13.2. The fourth-order valence-electron chi connectivity index (χ4n) is 4.05. The summed E-state index contributed by atoms with van der Waals surface area (Å²) >= 11 is 0. The van der Waals surface area contributed by atoms with Crippen molar-refractivity contribution in [1.82, 2.24) is 4.98 Å². The number of amides is 2. The molecule has 3 aromatic rings. The second kappa shape index (κ2) is 7.51. The Balaban J connectivity index is 1.60. The zero-order chi connectivity index (χ0) is 20.5. The van der Waals surface area contributed by atoms with Crippen LogP contribution in [0.4, 0.5) is 11.4 Å². The minimum absolute atomic E-state index is 0.0557.